The van der Waals surface area contributed by atoms with Gasteiger partial charge in [0.15, 0.2) is 0 Å². The first-order valence-electron chi connectivity index (χ1n) is 7.80. The van der Waals surface area contributed by atoms with Gasteiger partial charge < -0.3 is 15.0 Å². The van der Waals surface area contributed by atoms with E-state index in [-0.39, 0.29) is 0 Å². The van der Waals surface area contributed by atoms with E-state index in [1.54, 1.807) is 6.20 Å². The highest BCUT2D eigenvalue weighted by Gasteiger charge is 2.14. The molecule has 3 heterocycles. The third kappa shape index (κ3) is 3.18. The molecule has 1 aliphatic heterocycles. The molecule has 8 nitrogen and oxygen atoms in total. The summed E-state index contributed by atoms with van der Waals surface area (Å²) in [7, 11) is 0. The van der Waals surface area contributed by atoms with Gasteiger partial charge in [0.05, 0.1) is 6.20 Å². The number of nitrogens with one attached hydrogen (secondary N) is 2. The summed E-state index contributed by atoms with van der Waals surface area (Å²) in [5, 5.41) is 10.1. The van der Waals surface area contributed by atoms with Gasteiger partial charge in [0.2, 0.25) is 5.95 Å². The van der Waals surface area contributed by atoms with Crippen LogP contribution in [0.1, 0.15) is 0 Å². The lowest BCUT2D eigenvalue weighted by molar-refractivity contribution is 0.437. The van der Waals surface area contributed by atoms with Gasteiger partial charge in [-0.05, 0) is 17.7 Å². The van der Waals surface area contributed by atoms with Gasteiger partial charge in [-0.1, -0.05) is 12.1 Å². The topological polar surface area (TPSA) is 91.9 Å². The highest BCUT2D eigenvalue weighted by Crippen LogP contribution is 2.24. The minimum Gasteiger partial charge on any atom is -0.424 e. The summed E-state index contributed by atoms with van der Waals surface area (Å²) >= 11 is 0. The van der Waals surface area contributed by atoms with E-state index in [0.29, 0.717) is 17.7 Å². The predicted octanol–water partition coefficient (Wildman–Crippen LogP) is 1.46. The standard InChI is InChI=1S/C16H17N7O/c1-3-14(4-2-12(1)13-9-20-21-10-13)24-16-19-11-18-15(22-16)23-7-5-17-6-8-23/h1-4,9-11,17H,5-8H2,(H,20,21). The molecule has 122 valence electrons. The molecule has 4 rings (SSSR count). The van der Waals surface area contributed by atoms with Crippen LogP contribution in [0.5, 0.6) is 11.8 Å². The molecule has 0 bridgehead atoms. The van der Waals surface area contributed by atoms with Crippen LogP contribution in [0.15, 0.2) is 43.0 Å². The monoisotopic (exact) mass is 323 g/mol. The molecular formula is C16H17N7O. The molecule has 1 aliphatic rings. The summed E-state index contributed by atoms with van der Waals surface area (Å²) in [6.07, 6.45) is 5.11. The Bertz CT molecular complexity index is 782. The number of benzene rings is 1. The summed E-state index contributed by atoms with van der Waals surface area (Å²) < 4.78 is 5.75. The molecule has 3 aromatic rings. The maximum absolute atomic E-state index is 5.75. The second kappa shape index (κ2) is 6.63. The number of ether oxygens (including phenoxy) is 1. The Morgan fingerprint density at radius 1 is 1.00 bits per heavy atom. The average Bonchev–Trinajstić information content (AvgIpc) is 3.18. The summed E-state index contributed by atoms with van der Waals surface area (Å²) in [5.41, 5.74) is 2.09. The number of aromatic amines is 1. The van der Waals surface area contributed by atoms with E-state index in [2.05, 4.69) is 35.4 Å². The van der Waals surface area contributed by atoms with Crippen molar-refractivity contribution in [2.75, 3.05) is 31.1 Å². The SMILES string of the molecule is c1nc(Oc2ccc(-c3cn[nH]c3)cc2)nc(N2CCNCC2)n1. The molecular weight excluding hydrogens is 306 g/mol. The summed E-state index contributed by atoms with van der Waals surface area (Å²) in [6, 6.07) is 8.01. The first kappa shape index (κ1) is 14.6. The number of piperazine rings is 1. The molecule has 0 spiro atoms. The number of hydrogen-bond acceptors (Lipinski definition) is 7. The molecule has 2 aromatic heterocycles. The Labute approximate surface area is 138 Å². The van der Waals surface area contributed by atoms with E-state index >= 15 is 0 Å². The van der Waals surface area contributed by atoms with Crippen molar-refractivity contribution in [3.63, 3.8) is 0 Å². The van der Waals surface area contributed by atoms with Crippen LogP contribution in [-0.2, 0) is 0 Å². The first-order valence-corrected chi connectivity index (χ1v) is 7.80. The summed E-state index contributed by atoms with van der Waals surface area (Å²) in [4.78, 5) is 14.9. The fourth-order valence-corrected chi connectivity index (χ4v) is 2.57. The fourth-order valence-electron chi connectivity index (χ4n) is 2.57. The number of H-pyrrole nitrogens is 1. The lowest BCUT2D eigenvalue weighted by Gasteiger charge is -2.27. The zero-order valence-corrected chi connectivity index (χ0v) is 13.0. The van der Waals surface area contributed by atoms with E-state index in [0.717, 1.165) is 37.3 Å². The molecule has 0 radical (unpaired) electrons. The molecule has 0 amide bonds. The third-order valence-electron chi connectivity index (χ3n) is 3.83. The maximum Gasteiger partial charge on any atom is 0.326 e. The first-order chi connectivity index (χ1) is 11.9. The van der Waals surface area contributed by atoms with Crippen molar-refractivity contribution in [2.24, 2.45) is 0 Å². The van der Waals surface area contributed by atoms with Crippen LogP contribution in [0, 0.1) is 0 Å². The number of hydrogen-bond donors (Lipinski definition) is 2. The molecule has 1 saturated heterocycles. The van der Waals surface area contributed by atoms with Crippen molar-refractivity contribution in [3.05, 3.63) is 43.0 Å². The van der Waals surface area contributed by atoms with Crippen molar-refractivity contribution in [1.82, 2.24) is 30.5 Å². The number of nitrogens with zero attached hydrogens (tertiary/aromatic N) is 5. The van der Waals surface area contributed by atoms with Gasteiger partial charge in [-0.3, -0.25) is 5.10 Å². The molecule has 1 aromatic carbocycles. The number of anilines is 1. The van der Waals surface area contributed by atoms with Gasteiger partial charge in [0.25, 0.3) is 0 Å². The van der Waals surface area contributed by atoms with Gasteiger partial charge in [-0.25, -0.2) is 4.98 Å². The van der Waals surface area contributed by atoms with Gasteiger partial charge >= 0.3 is 6.01 Å². The predicted molar refractivity (Wildman–Crippen MR) is 89.0 cm³/mol. The van der Waals surface area contributed by atoms with Gasteiger partial charge in [0, 0.05) is 37.9 Å². The van der Waals surface area contributed by atoms with Gasteiger partial charge in [0.1, 0.15) is 12.1 Å². The van der Waals surface area contributed by atoms with Crippen LogP contribution < -0.4 is 15.0 Å². The van der Waals surface area contributed by atoms with E-state index in [9.17, 15) is 0 Å². The van der Waals surface area contributed by atoms with Gasteiger partial charge in [-0.15, -0.1) is 0 Å². The molecule has 24 heavy (non-hydrogen) atoms. The highest BCUT2D eigenvalue weighted by molar-refractivity contribution is 5.62. The van der Waals surface area contributed by atoms with Crippen molar-refractivity contribution >= 4 is 5.95 Å². The summed E-state index contributed by atoms with van der Waals surface area (Å²) in [5.74, 6) is 1.33. The molecule has 2 N–H and O–H groups in total. The van der Waals surface area contributed by atoms with E-state index in [4.69, 9.17) is 4.74 Å². The Hall–Kier alpha value is -3.00. The largest absolute Gasteiger partial charge is 0.424 e. The van der Waals surface area contributed by atoms with Crippen LogP contribution >= 0.6 is 0 Å². The zero-order chi connectivity index (χ0) is 16.2. The Kier molecular flexibility index (Phi) is 4.03. The molecule has 0 aliphatic carbocycles. The second-order valence-electron chi connectivity index (χ2n) is 5.42. The molecule has 1 fully saturated rings. The third-order valence-corrected chi connectivity index (χ3v) is 3.83. The lowest BCUT2D eigenvalue weighted by atomic mass is 10.1. The second-order valence-corrected chi connectivity index (χ2v) is 5.42. The molecule has 0 unspecified atom stereocenters. The van der Waals surface area contributed by atoms with E-state index in [1.807, 2.05) is 30.5 Å². The van der Waals surface area contributed by atoms with Crippen LogP contribution in [0.3, 0.4) is 0 Å². The maximum atomic E-state index is 5.75. The van der Waals surface area contributed by atoms with Crippen LogP contribution in [-0.4, -0.2) is 51.3 Å². The Morgan fingerprint density at radius 2 is 1.83 bits per heavy atom. The Morgan fingerprint density at radius 3 is 2.58 bits per heavy atom. The van der Waals surface area contributed by atoms with Crippen molar-refractivity contribution in [3.8, 4) is 22.9 Å². The lowest BCUT2D eigenvalue weighted by Crippen LogP contribution is -2.44. The molecule has 8 heteroatoms. The van der Waals surface area contributed by atoms with Crippen LogP contribution in [0.2, 0.25) is 0 Å². The van der Waals surface area contributed by atoms with Gasteiger partial charge in [-0.2, -0.15) is 15.1 Å². The molecule has 0 atom stereocenters. The summed E-state index contributed by atoms with van der Waals surface area (Å²) in [6.45, 7) is 3.61. The molecule has 0 saturated carbocycles. The van der Waals surface area contributed by atoms with Crippen LogP contribution in [0.4, 0.5) is 5.95 Å². The quantitative estimate of drug-likeness (QED) is 0.751. The fraction of sp³-hybridized carbons (Fsp3) is 0.250. The minimum atomic E-state index is 0.301. The van der Waals surface area contributed by atoms with E-state index in [1.165, 1.54) is 6.33 Å². The van der Waals surface area contributed by atoms with Crippen LogP contribution in [0.25, 0.3) is 11.1 Å². The average molecular weight is 323 g/mol. The Balaban J connectivity index is 1.48. The minimum absolute atomic E-state index is 0.301. The van der Waals surface area contributed by atoms with Crippen molar-refractivity contribution < 1.29 is 4.74 Å². The zero-order valence-electron chi connectivity index (χ0n) is 13.0. The van der Waals surface area contributed by atoms with E-state index < -0.39 is 0 Å². The highest BCUT2D eigenvalue weighted by atomic mass is 16.5. The van der Waals surface area contributed by atoms with Crippen molar-refractivity contribution in [2.45, 2.75) is 0 Å². The number of aromatic nitrogens is 5. The number of rotatable bonds is 4. The smallest absolute Gasteiger partial charge is 0.326 e. The normalized spacial score (nSPS) is 14.6. The van der Waals surface area contributed by atoms with Crippen molar-refractivity contribution in [1.29, 1.82) is 0 Å².